The second-order valence-electron chi connectivity index (χ2n) is 12.3. The van der Waals surface area contributed by atoms with E-state index in [-0.39, 0.29) is 5.78 Å². The van der Waals surface area contributed by atoms with Crippen LogP contribution in [0, 0.1) is 0 Å². The second kappa shape index (κ2) is 14.8. The number of alkyl halides is 1. The van der Waals surface area contributed by atoms with Crippen LogP contribution in [0.15, 0.2) is 99.9 Å². The molecule has 4 aliphatic rings. The molecular weight excluding hydrogens is 531 g/mol. The van der Waals surface area contributed by atoms with Crippen molar-refractivity contribution in [3.63, 3.8) is 0 Å². The van der Waals surface area contributed by atoms with E-state index in [1.165, 1.54) is 59.2 Å². The van der Waals surface area contributed by atoms with Gasteiger partial charge in [-0.25, -0.2) is 4.39 Å². The molecule has 1 saturated carbocycles. The molecule has 2 aliphatic carbocycles. The summed E-state index contributed by atoms with van der Waals surface area (Å²) in [5.74, 6) is -0.265. The Balaban J connectivity index is 1.23. The molecule has 0 atom stereocenters. The highest BCUT2D eigenvalue weighted by Crippen LogP contribution is 2.43. The van der Waals surface area contributed by atoms with Crippen molar-refractivity contribution >= 4 is 23.6 Å². The third kappa shape index (κ3) is 8.10. The van der Waals surface area contributed by atoms with Crippen LogP contribution in [0.4, 0.5) is 4.39 Å². The van der Waals surface area contributed by atoms with Crippen LogP contribution in [0.25, 0.3) is 11.6 Å². The maximum atomic E-state index is 14.4. The number of benzene rings is 1. The Morgan fingerprint density at radius 3 is 2.58 bits per heavy atom. The summed E-state index contributed by atoms with van der Waals surface area (Å²) in [5, 5.41) is 0. The van der Waals surface area contributed by atoms with E-state index in [4.69, 9.17) is 0 Å². The smallest absolute Gasteiger partial charge is 0.195 e. The summed E-state index contributed by atoms with van der Waals surface area (Å²) in [6.45, 7) is 6.16. The number of nitrogens with zero attached hydrogens (tertiary/aromatic N) is 2. The lowest BCUT2D eigenvalue weighted by Gasteiger charge is -2.32. The van der Waals surface area contributed by atoms with Gasteiger partial charge in [0.05, 0.1) is 0 Å². The molecule has 1 aromatic rings. The Kier molecular flexibility index (Phi) is 10.6. The van der Waals surface area contributed by atoms with E-state index in [9.17, 15) is 9.18 Å². The molecule has 5 rings (SSSR count). The average molecular weight is 579 g/mol. The molecule has 0 spiro atoms. The second-order valence-corrected chi connectivity index (χ2v) is 12.3. The number of unbranched alkanes of at least 4 members (excludes halogenated alkanes) is 1. The van der Waals surface area contributed by atoms with Crippen molar-refractivity contribution in [2.45, 2.75) is 96.6 Å². The quantitative estimate of drug-likeness (QED) is 0.183. The van der Waals surface area contributed by atoms with Gasteiger partial charge in [0.25, 0.3) is 0 Å². The van der Waals surface area contributed by atoms with Gasteiger partial charge in [0, 0.05) is 36.8 Å². The van der Waals surface area contributed by atoms with Crippen LogP contribution in [-0.2, 0) is 4.79 Å². The number of rotatable bonds is 12. The van der Waals surface area contributed by atoms with Gasteiger partial charge in [-0.2, -0.15) is 0 Å². The Morgan fingerprint density at radius 2 is 1.84 bits per heavy atom. The summed E-state index contributed by atoms with van der Waals surface area (Å²) < 4.78 is 14.4. The molecule has 4 heteroatoms. The molecule has 1 fully saturated rings. The molecule has 3 nitrogen and oxygen atoms in total. The molecule has 2 aliphatic heterocycles. The fourth-order valence-corrected chi connectivity index (χ4v) is 6.31. The van der Waals surface area contributed by atoms with Crippen molar-refractivity contribution in [2.75, 3.05) is 13.1 Å². The minimum Gasteiger partial charge on any atom is -0.371 e. The number of carbonyl (C=O) groups excluding carboxylic acids is 1. The molecule has 0 aromatic heterocycles. The summed E-state index contributed by atoms with van der Waals surface area (Å²) in [7, 11) is 0. The highest BCUT2D eigenvalue weighted by atomic mass is 19.1. The molecule has 0 N–H and O–H groups in total. The van der Waals surface area contributed by atoms with Crippen molar-refractivity contribution in [1.29, 1.82) is 0 Å². The fourth-order valence-electron chi connectivity index (χ4n) is 6.31. The van der Waals surface area contributed by atoms with E-state index in [2.05, 4.69) is 84.5 Å². The van der Waals surface area contributed by atoms with Crippen LogP contribution < -0.4 is 0 Å². The molecule has 0 amide bonds. The fraction of sp³-hybridized carbons (Fsp3) is 0.436. The Labute approximate surface area is 258 Å². The molecule has 0 saturated heterocycles. The highest BCUT2D eigenvalue weighted by Gasteiger charge is 2.51. The van der Waals surface area contributed by atoms with Crippen LogP contribution in [-0.4, -0.2) is 35.7 Å². The van der Waals surface area contributed by atoms with Gasteiger partial charge in [-0.3, -0.25) is 9.79 Å². The zero-order chi connectivity index (χ0) is 30.1. The lowest BCUT2D eigenvalue weighted by atomic mass is 9.88. The van der Waals surface area contributed by atoms with Crippen LogP contribution in [0.2, 0.25) is 0 Å². The van der Waals surface area contributed by atoms with Gasteiger partial charge in [-0.1, -0.05) is 86.9 Å². The van der Waals surface area contributed by atoms with Crippen molar-refractivity contribution in [3.8, 4) is 0 Å². The number of carbonyl (C=O) groups is 1. The van der Waals surface area contributed by atoms with Crippen LogP contribution in [0.3, 0.4) is 0 Å². The monoisotopic (exact) mass is 578 g/mol. The van der Waals surface area contributed by atoms with E-state index in [0.29, 0.717) is 24.8 Å². The molecule has 2 heterocycles. The number of ketones is 1. The van der Waals surface area contributed by atoms with Gasteiger partial charge >= 0.3 is 0 Å². The van der Waals surface area contributed by atoms with Crippen molar-refractivity contribution < 1.29 is 9.18 Å². The van der Waals surface area contributed by atoms with E-state index in [1.54, 1.807) is 5.57 Å². The van der Waals surface area contributed by atoms with Crippen molar-refractivity contribution in [1.82, 2.24) is 4.90 Å². The van der Waals surface area contributed by atoms with Gasteiger partial charge in [-0.15, -0.1) is 0 Å². The first-order chi connectivity index (χ1) is 21.0. The first-order valence-electron chi connectivity index (χ1n) is 16.5. The van der Waals surface area contributed by atoms with Gasteiger partial charge in [0.15, 0.2) is 11.5 Å². The van der Waals surface area contributed by atoms with Crippen LogP contribution in [0.5, 0.6) is 0 Å². The predicted octanol–water partition coefficient (Wildman–Crippen LogP) is 10.1. The summed E-state index contributed by atoms with van der Waals surface area (Å²) in [6.07, 6.45) is 30.5. The number of hydrogen-bond donors (Lipinski definition) is 0. The third-order valence-electron chi connectivity index (χ3n) is 8.87. The zero-order valence-corrected chi connectivity index (χ0v) is 26.1. The van der Waals surface area contributed by atoms with Gasteiger partial charge in [0.1, 0.15) is 0 Å². The number of allylic oxidation sites excluding steroid dienone is 9. The standard InChI is InChI=1S/C39H47FN2O/c1-3-10-30(11-4-2)12-6-5-7-13-31-16-18-32(19-17-31)34-20-21-35-29-41-25-22-37(36(35)28-34)42-26-8-14-33(15-9-27-42)38(43)39(40)23-24-39/h7,12-14,16-20,22,25,28-29H,3-6,8-11,15,21,23-24,26-27H2,1-2H3/b13-7+,33-14-. The first-order valence-corrected chi connectivity index (χ1v) is 16.5. The van der Waals surface area contributed by atoms with Crippen LogP contribution >= 0.6 is 0 Å². The highest BCUT2D eigenvalue weighted by molar-refractivity contribution is 6.03. The Bertz CT molecular complexity index is 1400. The molecule has 0 unspecified atom stereocenters. The normalized spacial score (nSPS) is 20.8. The Hall–Kier alpha value is -3.53. The summed E-state index contributed by atoms with van der Waals surface area (Å²) in [6, 6.07) is 8.88. The van der Waals surface area contributed by atoms with Crippen molar-refractivity contribution in [2.24, 2.45) is 4.99 Å². The lowest BCUT2D eigenvalue weighted by molar-refractivity contribution is -0.121. The topological polar surface area (TPSA) is 32.7 Å². The molecule has 1 aromatic carbocycles. The SMILES string of the molecule is CCCC(=CCC/C=C/c1ccc(C2=CCC3=CN=CC=C(N4CC/C=C(\C(=O)C5(F)CC5)CCC4)C3=C2)cc1)CCC. The Morgan fingerprint density at radius 1 is 1.05 bits per heavy atom. The minimum atomic E-state index is -1.57. The molecule has 0 bridgehead atoms. The lowest BCUT2D eigenvalue weighted by Crippen LogP contribution is -2.29. The molecule has 226 valence electrons. The molecule has 43 heavy (non-hydrogen) atoms. The molecule has 0 radical (unpaired) electrons. The average Bonchev–Trinajstić information content (AvgIpc) is 3.79. The number of halogens is 1. The summed E-state index contributed by atoms with van der Waals surface area (Å²) in [4.78, 5) is 19.5. The number of hydrogen-bond acceptors (Lipinski definition) is 3. The first kappa shape index (κ1) is 30.9. The summed E-state index contributed by atoms with van der Waals surface area (Å²) in [5.41, 5.74) is 8.05. The van der Waals surface area contributed by atoms with Crippen molar-refractivity contribution in [3.05, 3.63) is 106 Å². The summed E-state index contributed by atoms with van der Waals surface area (Å²) >= 11 is 0. The van der Waals surface area contributed by atoms with E-state index in [0.717, 1.165) is 45.2 Å². The van der Waals surface area contributed by atoms with E-state index in [1.807, 2.05) is 18.5 Å². The predicted molar refractivity (Wildman–Crippen MR) is 180 cm³/mol. The van der Waals surface area contributed by atoms with Gasteiger partial charge in [-0.05, 0) is 104 Å². The zero-order valence-electron chi connectivity index (χ0n) is 26.1. The minimum absolute atomic E-state index is 0.265. The largest absolute Gasteiger partial charge is 0.371 e. The number of Topliss-reactive ketones (excluding diaryl/α,β-unsaturated/α-hetero) is 1. The van der Waals surface area contributed by atoms with Crippen LogP contribution in [0.1, 0.15) is 102 Å². The van der Waals surface area contributed by atoms with Gasteiger partial charge < -0.3 is 4.90 Å². The number of fused-ring (bicyclic) bond motifs is 1. The van der Waals surface area contributed by atoms with Gasteiger partial charge in [0.2, 0.25) is 0 Å². The molecular formula is C39H47FN2O. The maximum Gasteiger partial charge on any atom is 0.195 e. The van der Waals surface area contributed by atoms with E-state index < -0.39 is 5.67 Å². The van der Waals surface area contributed by atoms with E-state index >= 15 is 0 Å². The third-order valence-corrected chi connectivity index (χ3v) is 8.87. The maximum absolute atomic E-state index is 14.4. The number of aliphatic imine (C=N–C) groups is 1.